The number of aromatic nitrogens is 3. The van der Waals surface area contributed by atoms with E-state index in [1.807, 2.05) is 87.7 Å². The van der Waals surface area contributed by atoms with E-state index in [9.17, 15) is 4.79 Å². The molecule has 174 valence electrons. The standard InChI is InChI=1S/C25H27BN4O3S/c1-24(2)25(3,4)33-26(32-24)19-9-11-20(12-10-19)29(15-18-13-14-34-17-18)23(31)16-30-22-8-6-5-7-21(22)27-28-30/h5-14,17H,15-16H2,1-4H3. The number of amides is 1. The summed E-state index contributed by atoms with van der Waals surface area (Å²) in [6.45, 7) is 8.73. The highest BCUT2D eigenvalue weighted by atomic mass is 32.1. The highest BCUT2D eigenvalue weighted by molar-refractivity contribution is 7.07. The molecule has 0 radical (unpaired) electrons. The Labute approximate surface area is 203 Å². The molecule has 1 aliphatic rings. The molecule has 1 amide bonds. The van der Waals surface area contributed by atoms with E-state index in [4.69, 9.17) is 9.31 Å². The average molecular weight is 474 g/mol. The molecule has 1 saturated heterocycles. The van der Waals surface area contributed by atoms with Crippen LogP contribution in [0.2, 0.25) is 0 Å². The number of nitrogens with zero attached hydrogens (tertiary/aromatic N) is 4. The molecule has 3 heterocycles. The minimum Gasteiger partial charge on any atom is -0.399 e. The molecule has 34 heavy (non-hydrogen) atoms. The molecule has 0 aliphatic carbocycles. The van der Waals surface area contributed by atoms with Crippen molar-refractivity contribution in [2.75, 3.05) is 4.90 Å². The lowest BCUT2D eigenvalue weighted by Gasteiger charge is -2.32. The molecule has 0 unspecified atom stereocenters. The van der Waals surface area contributed by atoms with Crippen LogP contribution in [0.5, 0.6) is 0 Å². The smallest absolute Gasteiger partial charge is 0.399 e. The molecule has 2 aromatic heterocycles. The van der Waals surface area contributed by atoms with Gasteiger partial charge in [-0.3, -0.25) is 4.79 Å². The van der Waals surface area contributed by atoms with Gasteiger partial charge in [0.2, 0.25) is 5.91 Å². The normalized spacial score (nSPS) is 16.8. The Kier molecular flexibility index (Phi) is 5.79. The summed E-state index contributed by atoms with van der Waals surface area (Å²) in [6.07, 6.45) is 0. The Morgan fingerprint density at radius 2 is 1.74 bits per heavy atom. The second-order valence-corrected chi connectivity index (χ2v) is 10.3. The fourth-order valence-electron chi connectivity index (χ4n) is 3.93. The van der Waals surface area contributed by atoms with Crippen molar-refractivity contribution in [3.63, 3.8) is 0 Å². The van der Waals surface area contributed by atoms with Gasteiger partial charge in [-0.05, 0) is 79.8 Å². The van der Waals surface area contributed by atoms with Gasteiger partial charge in [0.15, 0.2) is 0 Å². The predicted octanol–water partition coefficient (Wildman–Crippen LogP) is 4.03. The Morgan fingerprint density at radius 3 is 2.41 bits per heavy atom. The maximum Gasteiger partial charge on any atom is 0.494 e. The second kappa shape index (κ2) is 8.65. The molecule has 1 aliphatic heterocycles. The number of rotatable bonds is 6. The van der Waals surface area contributed by atoms with E-state index < -0.39 is 18.3 Å². The van der Waals surface area contributed by atoms with Crippen LogP contribution in [-0.2, 0) is 27.2 Å². The van der Waals surface area contributed by atoms with Crippen LogP contribution in [-0.4, -0.2) is 39.2 Å². The van der Waals surface area contributed by atoms with Crippen LogP contribution in [0.4, 0.5) is 5.69 Å². The van der Waals surface area contributed by atoms with Gasteiger partial charge >= 0.3 is 7.12 Å². The van der Waals surface area contributed by atoms with Crippen LogP contribution in [0.3, 0.4) is 0 Å². The largest absolute Gasteiger partial charge is 0.494 e. The van der Waals surface area contributed by atoms with Gasteiger partial charge in [0.05, 0.1) is 23.3 Å². The van der Waals surface area contributed by atoms with E-state index in [1.165, 1.54) is 0 Å². The van der Waals surface area contributed by atoms with Gasteiger partial charge in [0.1, 0.15) is 12.1 Å². The zero-order valence-corrected chi connectivity index (χ0v) is 20.6. The van der Waals surface area contributed by atoms with Gasteiger partial charge in [-0.2, -0.15) is 11.3 Å². The predicted molar refractivity (Wildman–Crippen MR) is 135 cm³/mol. The molecule has 9 heteroatoms. The number of anilines is 1. The van der Waals surface area contributed by atoms with Crippen LogP contribution in [0, 0.1) is 0 Å². The van der Waals surface area contributed by atoms with E-state index in [0.29, 0.717) is 6.54 Å². The first kappa shape index (κ1) is 22.8. The van der Waals surface area contributed by atoms with E-state index in [-0.39, 0.29) is 12.5 Å². The van der Waals surface area contributed by atoms with E-state index in [0.717, 1.165) is 27.7 Å². The highest BCUT2D eigenvalue weighted by Gasteiger charge is 2.51. The van der Waals surface area contributed by atoms with Crippen molar-refractivity contribution in [2.24, 2.45) is 0 Å². The van der Waals surface area contributed by atoms with Crippen LogP contribution < -0.4 is 10.4 Å². The van der Waals surface area contributed by atoms with Crippen molar-refractivity contribution in [1.82, 2.24) is 15.0 Å². The molecular weight excluding hydrogens is 447 g/mol. The monoisotopic (exact) mass is 474 g/mol. The highest BCUT2D eigenvalue weighted by Crippen LogP contribution is 2.36. The molecule has 1 fully saturated rings. The van der Waals surface area contributed by atoms with Crippen molar-refractivity contribution >= 4 is 46.5 Å². The average Bonchev–Trinajstić information content (AvgIpc) is 3.51. The Balaban J connectivity index is 1.40. The molecule has 0 bridgehead atoms. The van der Waals surface area contributed by atoms with Crippen molar-refractivity contribution in [2.45, 2.75) is 52.0 Å². The number of carbonyl (C=O) groups excluding carboxylic acids is 1. The van der Waals surface area contributed by atoms with Crippen LogP contribution in [0.1, 0.15) is 33.3 Å². The number of thiophene rings is 1. The summed E-state index contributed by atoms with van der Waals surface area (Å²) in [5.41, 5.74) is 3.61. The number of hydrogen-bond donors (Lipinski definition) is 0. The van der Waals surface area contributed by atoms with Gasteiger partial charge in [0, 0.05) is 5.69 Å². The number of carbonyl (C=O) groups is 1. The van der Waals surface area contributed by atoms with Gasteiger partial charge in [0.25, 0.3) is 0 Å². The first-order valence-electron chi connectivity index (χ1n) is 11.3. The summed E-state index contributed by atoms with van der Waals surface area (Å²) in [4.78, 5) is 15.3. The number of benzene rings is 2. The molecule has 0 saturated carbocycles. The van der Waals surface area contributed by atoms with E-state index >= 15 is 0 Å². The Bertz CT molecular complexity index is 1290. The lowest BCUT2D eigenvalue weighted by molar-refractivity contribution is -0.119. The first-order valence-corrected chi connectivity index (χ1v) is 12.2. The zero-order valence-electron chi connectivity index (χ0n) is 19.8. The van der Waals surface area contributed by atoms with Crippen molar-refractivity contribution in [3.8, 4) is 0 Å². The Morgan fingerprint density at radius 1 is 1.03 bits per heavy atom. The van der Waals surface area contributed by atoms with Crippen molar-refractivity contribution in [3.05, 3.63) is 70.9 Å². The lowest BCUT2D eigenvalue weighted by atomic mass is 9.79. The summed E-state index contributed by atoms with van der Waals surface area (Å²) in [6, 6.07) is 17.5. The number of fused-ring (bicyclic) bond motifs is 1. The zero-order chi connectivity index (χ0) is 23.9. The molecule has 0 spiro atoms. The summed E-state index contributed by atoms with van der Waals surface area (Å²) in [5, 5.41) is 12.4. The number of hydrogen-bond acceptors (Lipinski definition) is 6. The first-order chi connectivity index (χ1) is 16.2. The minimum atomic E-state index is -0.443. The fraction of sp³-hybridized carbons (Fsp3) is 0.320. The summed E-state index contributed by atoms with van der Waals surface area (Å²) < 4.78 is 14.0. The summed E-state index contributed by atoms with van der Waals surface area (Å²) >= 11 is 1.62. The van der Waals surface area contributed by atoms with E-state index in [2.05, 4.69) is 15.7 Å². The topological polar surface area (TPSA) is 69.5 Å². The van der Waals surface area contributed by atoms with Gasteiger partial charge in [-0.15, -0.1) is 5.10 Å². The molecule has 4 aromatic rings. The molecule has 2 aromatic carbocycles. The van der Waals surface area contributed by atoms with Gasteiger partial charge in [-0.1, -0.05) is 29.5 Å². The van der Waals surface area contributed by atoms with Crippen LogP contribution >= 0.6 is 11.3 Å². The molecule has 7 nitrogen and oxygen atoms in total. The minimum absolute atomic E-state index is 0.0646. The van der Waals surface area contributed by atoms with Gasteiger partial charge in [-0.25, -0.2) is 4.68 Å². The second-order valence-electron chi connectivity index (χ2n) is 9.53. The summed E-state index contributed by atoms with van der Waals surface area (Å²) in [7, 11) is -0.443. The third-order valence-electron chi connectivity index (χ3n) is 6.66. The van der Waals surface area contributed by atoms with Crippen molar-refractivity contribution < 1.29 is 14.1 Å². The Hall–Kier alpha value is -3.01. The fourth-order valence-corrected chi connectivity index (χ4v) is 4.59. The third kappa shape index (κ3) is 4.26. The maximum atomic E-state index is 13.5. The van der Waals surface area contributed by atoms with Gasteiger partial charge < -0.3 is 14.2 Å². The number of para-hydroxylation sites is 1. The molecule has 5 rings (SSSR count). The quantitative estimate of drug-likeness (QED) is 0.395. The maximum absolute atomic E-state index is 13.5. The van der Waals surface area contributed by atoms with Crippen LogP contribution in [0.15, 0.2) is 65.4 Å². The van der Waals surface area contributed by atoms with Crippen molar-refractivity contribution in [1.29, 1.82) is 0 Å². The summed E-state index contributed by atoms with van der Waals surface area (Å²) in [5.74, 6) is -0.0646. The molecular formula is C25H27BN4O3S. The molecule has 0 N–H and O–H groups in total. The van der Waals surface area contributed by atoms with Crippen LogP contribution in [0.25, 0.3) is 11.0 Å². The SMILES string of the molecule is CC1(C)OB(c2ccc(N(Cc3ccsc3)C(=O)Cn3nnc4ccccc43)cc2)OC1(C)C. The third-order valence-corrected chi connectivity index (χ3v) is 7.39. The van der Waals surface area contributed by atoms with E-state index in [1.54, 1.807) is 20.9 Å². The molecule has 0 atom stereocenters. The lowest BCUT2D eigenvalue weighted by Crippen LogP contribution is -2.41.